The van der Waals surface area contributed by atoms with Crippen molar-refractivity contribution in [2.45, 2.75) is 24.8 Å². The maximum absolute atomic E-state index is 5.93. The summed E-state index contributed by atoms with van der Waals surface area (Å²) >= 11 is 7.62. The van der Waals surface area contributed by atoms with Crippen molar-refractivity contribution < 1.29 is 4.74 Å². The first-order valence-corrected chi connectivity index (χ1v) is 6.19. The molecule has 1 aromatic rings. The number of hydrogen-bond donors (Lipinski definition) is 1. The molecular formula is C11H16ClNOS. The van der Waals surface area contributed by atoms with Crippen molar-refractivity contribution in [3.05, 3.63) is 23.2 Å². The van der Waals surface area contributed by atoms with Gasteiger partial charge in [-0.05, 0) is 18.2 Å². The molecule has 0 aromatic heterocycles. The maximum Gasteiger partial charge on any atom is 0.132 e. The van der Waals surface area contributed by atoms with Crippen LogP contribution in [0.25, 0.3) is 0 Å². The third kappa shape index (κ3) is 4.33. The molecule has 0 saturated carbocycles. The molecule has 0 heterocycles. The fourth-order valence-electron chi connectivity index (χ4n) is 1.05. The zero-order chi connectivity index (χ0) is 11.3. The summed E-state index contributed by atoms with van der Waals surface area (Å²) in [6.07, 6.45) is 0. The van der Waals surface area contributed by atoms with Crippen molar-refractivity contribution in [3.63, 3.8) is 0 Å². The van der Waals surface area contributed by atoms with Crippen LogP contribution < -0.4 is 10.1 Å². The minimum atomic E-state index is 0.489. The lowest BCUT2D eigenvalue weighted by molar-refractivity contribution is 0.405. The fourth-order valence-corrected chi connectivity index (χ4v) is 2.36. The number of hydrogen-bond acceptors (Lipinski definition) is 3. The van der Waals surface area contributed by atoms with Crippen LogP contribution in [0.1, 0.15) is 13.8 Å². The van der Waals surface area contributed by atoms with E-state index >= 15 is 0 Å². The predicted octanol–water partition coefficient (Wildman–Crippen LogP) is 3.40. The second-order valence-electron chi connectivity index (χ2n) is 3.44. The first-order chi connectivity index (χ1) is 7.13. The van der Waals surface area contributed by atoms with Gasteiger partial charge in [-0.25, -0.2) is 0 Å². The van der Waals surface area contributed by atoms with Crippen molar-refractivity contribution in [2.75, 3.05) is 13.0 Å². The third-order valence-corrected chi connectivity index (χ3v) is 3.02. The van der Waals surface area contributed by atoms with Gasteiger partial charge in [-0.3, -0.25) is 0 Å². The van der Waals surface area contributed by atoms with Crippen molar-refractivity contribution in [1.82, 2.24) is 5.32 Å². The molecule has 0 amide bonds. The van der Waals surface area contributed by atoms with E-state index in [-0.39, 0.29) is 0 Å². The lowest BCUT2D eigenvalue weighted by Crippen LogP contribution is -2.21. The average molecular weight is 246 g/mol. The SMILES string of the molecule is COc1ccc(Cl)cc1SCNC(C)C. The van der Waals surface area contributed by atoms with Gasteiger partial charge < -0.3 is 10.1 Å². The van der Waals surface area contributed by atoms with Gasteiger partial charge >= 0.3 is 0 Å². The Balaban J connectivity index is 2.62. The highest BCUT2D eigenvalue weighted by atomic mass is 35.5. The van der Waals surface area contributed by atoms with E-state index in [4.69, 9.17) is 16.3 Å². The van der Waals surface area contributed by atoms with E-state index < -0.39 is 0 Å². The fraction of sp³-hybridized carbons (Fsp3) is 0.455. The molecule has 0 atom stereocenters. The summed E-state index contributed by atoms with van der Waals surface area (Å²) in [4.78, 5) is 1.07. The van der Waals surface area contributed by atoms with Crippen LogP contribution in [0.15, 0.2) is 23.1 Å². The molecule has 1 rings (SSSR count). The van der Waals surface area contributed by atoms with Gasteiger partial charge in [0.05, 0.1) is 12.0 Å². The molecule has 0 aliphatic heterocycles. The van der Waals surface area contributed by atoms with Gasteiger partial charge in [-0.15, -0.1) is 11.8 Å². The van der Waals surface area contributed by atoms with Crippen LogP contribution in [-0.4, -0.2) is 19.0 Å². The molecule has 15 heavy (non-hydrogen) atoms. The van der Waals surface area contributed by atoms with E-state index in [0.717, 1.165) is 21.5 Å². The number of benzene rings is 1. The molecule has 1 aromatic carbocycles. The van der Waals surface area contributed by atoms with Gasteiger partial charge in [0.1, 0.15) is 5.75 Å². The summed E-state index contributed by atoms with van der Waals surface area (Å²) in [6.45, 7) is 4.24. The standard InChI is InChI=1S/C11H16ClNOS/c1-8(2)13-7-15-11-6-9(12)4-5-10(11)14-3/h4-6,8,13H,7H2,1-3H3. The van der Waals surface area contributed by atoms with Crippen LogP contribution >= 0.6 is 23.4 Å². The van der Waals surface area contributed by atoms with E-state index in [1.54, 1.807) is 18.9 Å². The molecule has 84 valence electrons. The van der Waals surface area contributed by atoms with Crippen molar-refractivity contribution in [3.8, 4) is 5.75 Å². The van der Waals surface area contributed by atoms with Crippen LogP contribution in [-0.2, 0) is 0 Å². The van der Waals surface area contributed by atoms with E-state index in [2.05, 4.69) is 19.2 Å². The lowest BCUT2D eigenvalue weighted by atomic mass is 10.3. The smallest absolute Gasteiger partial charge is 0.132 e. The molecule has 0 unspecified atom stereocenters. The molecule has 0 bridgehead atoms. The lowest BCUT2D eigenvalue weighted by Gasteiger charge is -2.10. The molecule has 0 radical (unpaired) electrons. The van der Waals surface area contributed by atoms with Crippen molar-refractivity contribution >= 4 is 23.4 Å². The Bertz CT molecular complexity index is 317. The number of nitrogens with one attached hydrogen (secondary N) is 1. The number of ether oxygens (including phenoxy) is 1. The summed E-state index contributed by atoms with van der Waals surface area (Å²) in [6, 6.07) is 6.13. The highest BCUT2D eigenvalue weighted by Crippen LogP contribution is 2.31. The van der Waals surface area contributed by atoms with Gasteiger partial charge in [0, 0.05) is 16.9 Å². The molecule has 0 aliphatic carbocycles. The number of methoxy groups -OCH3 is 1. The van der Waals surface area contributed by atoms with Crippen LogP contribution in [0.4, 0.5) is 0 Å². The zero-order valence-corrected chi connectivity index (χ0v) is 10.8. The van der Waals surface area contributed by atoms with Crippen LogP contribution in [0, 0.1) is 0 Å². The van der Waals surface area contributed by atoms with Crippen molar-refractivity contribution in [2.24, 2.45) is 0 Å². The summed E-state index contributed by atoms with van der Waals surface area (Å²) in [5, 5.41) is 4.07. The Morgan fingerprint density at radius 3 is 2.80 bits per heavy atom. The van der Waals surface area contributed by atoms with Gasteiger partial charge in [-0.1, -0.05) is 25.4 Å². The van der Waals surface area contributed by atoms with E-state index in [0.29, 0.717) is 6.04 Å². The first kappa shape index (κ1) is 12.7. The quantitative estimate of drug-likeness (QED) is 0.635. The number of rotatable bonds is 5. The summed E-state index contributed by atoms with van der Waals surface area (Å²) in [5.41, 5.74) is 0. The average Bonchev–Trinajstić information content (AvgIpc) is 2.17. The molecule has 0 spiro atoms. The van der Waals surface area contributed by atoms with E-state index in [1.165, 1.54) is 0 Å². The second kappa shape index (κ2) is 6.26. The Labute approximate surface area is 100 Å². The predicted molar refractivity (Wildman–Crippen MR) is 67.0 cm³/mol. The Morgan fingerprint density at radius 2 is 2.20 bits per heavy atom. The Kier molecular flexibility index (Phi) is 5.29. The third-order valence-electron chi connectivity index (χ3n) is 1.84. The molecule has 0 fully saturated rings. The minimum absolute atomic E-state index is 0.489. The Morgan fingerprint density at radius 1 is 1.47 bits per heavy atom. The van der Waals surface area contributed by atoms with Gasteiger partial charge in [-0.2, -0.15) is 0 Å². The molecule has 0 saturated heterocycles. The molecule has 2 nitrogen and oxygen atoms in total. The first-order valence-electron chi connectivity index (χ1n) is 4.83. The summed E-state index contributed by atoms with van der Waals surface area (Å²) in [7, 11) is 1.67. The van der Waals surface area contributed by atoms with E-state index in [1.807, 2.05) is 18.2 Å². The number of thioether (sulfide) groups is 1. The van der Waals surface area contributed by atoms with Crippen LogP contribution in [0.2, 0.25) is 5.02 Å². The summed E-state index contributed by atoms with van der Waals surface area (Å²) < 4.78 is 5.25. The van der Waals surface area contributed by atoms with Crippen LogP contribution in [0.5, 0.6) is 5.75 Å². The van der Waals surface area contributed by atoms with Gasteiger partial charge in [0.2, 0.25) is 0 Å². The van der Waals surface area contributed by atoms with Gasteiger partial charge in [0.25, 0.3) is 0 Å². The molecule has 4 heteroatoms. The normalized spacial score (nSPS) is 10.7. The Hall–Kier alpha value is -0.380. The largest absolute Gasteiger partial charge is 0.496 e. The van der Waals surface area contributed by atoms with E-state index in [9.17, 15) is 0 Å². The van der Waals surface area contributed by atoms with Crippen LogP contribution in [0.3, 0.4) is 0 Å². The highest BCUT2D eigenvalue weighted by molar-refractivity contribution is 7.99. The topological polar surface area (TPSA) is 21.3 Å². The highest BCUT2D eigenvalue weighted by Gasteiger charge is 2.04. The molecule has 1 N–H and O–H groups in total. The zero-order valence-electron chi connectivity index (χ0n) is 9.21. The van der Waals surface area contributed by atoms with Crippen molar-refractivity contribution in [1.29, 1.82) is 0 Å². The number of halogens is 1. The maximum atomic E-state index is 5.93. The minimum Gasteiger partial charge on any atom is -0.496 e. The summed E-state index contributed by atoms with van der Waals surface area (Å²) in [5.74, 6) is 1.73. The molecular weight excluding hydrogens is 230 g/mol. The van der Waals surface area contributed by atoms with Gasteiger partial charge in [0.15, 0.2) is 0 Å². The molecule has 0 aliphatic rings. The second-order valence-corrected chi connectivity index (χ2v) is 4.90. The monoisotopic (exact) mass is 245 g/mol.